The minimum absolute atomic E-state index is 0. The van der Waals surface area contributed by atoms with Gasteiger partial charge in [-0.05, 0) is 6.07 Å². The Morgan fingerprint density at radius 3 is 2.69 bits per heavy atom. The molecule has 1 aromatic heterocycles. The minimum atomic E-state index is -3.88. The largest absolute Gasteiger partial charge is 0.870 e. The lowest BCUT2D eigenvalue weighted by molar-refractivity contribution is -0.895. The van der Waals surface area contributed by atoms with Gasteiger partial charge in [0.05, 0.1) is 5.75 Å². The molecule has 0 amide bonds. The van der Waals surface area contributed by atoms with E-state index in [1.165, 1.54) is 0 Å². The maximum atomic E-state index is 10.4. The van der Waals surface area contributed by atoms with Crippen molar-refractivity contribution in [3.05, 3.63) is 30.1 Å². The molecule has 6 nitrogen and oxygen atoms in total. The third-order valence-electron chi connectivity index (χ3n) is 1.79. The van der Waals surface area contributed by atoms with Gasteiger partial charge < -0.3 is 5.48 Å². The molecule has 0 atom stereocenters. The number of rotatable bonds is 5. The summed E-state index contributed by atoms with van der Waals surface area (Å²) in [5.74, 6) is -0.278. The van der Waals surface area contributed by atoms with Crippen LogP contribution in [0.2, 0.25) is 0 Å². The molecule has 1 heterocycles. The van der Waals surface area contributed by atoms with Crippen molar-refractivity contribution >= 4 is 10.1 Å². The van der Waals surface area contributed by atoms with Crippen molar-refractivity contribution in [2.75, 3.05) is 12.4 Å². The number of nitrogens with zero attached hydrogens (tertiary/aromatic N) is 1. The van der Waals surface area contributed by atoms with Crippen molar-refractivity contribution in [1.82, 2.24) is 0 Å². The van der Waals surface area contributed by atoms with E-state index in [1.54, 1.807) is 10.9 Å². The Hall–Kier alpha value is -1.18. The summed E-state index contributed by atoms with van der Waals surface area (Å²) in [7, 11) is -3.88. The third-order valence-corrected chi connectivity index (χ3v) is 2.60. The van der Waals surface area contributed by atoms with Crippen LogP contribution in [0.1, 0.15) is 12.1 Å². The van der Waals surface area contributed by atoms with Crippen LogP contribution >= 0.6 is 0 Å². The van der Waals surface area contributed by atoms with Gasteiger partial charge in [-0.3, -0.25) is 9.39 Å². The zero-order chi connectivity index (χ0) is 11.3. The maximum absolute atomic E-state index is 10.4. The zero-order valence-electron chi connectivity index (χ0n) is 8.91. The highest BCUT2D eigenvalue weighted by Gasteiger charge is 2.08. The Morgan fingerprint density at radius 1 is 1.44 bits per heavy atom. The van der Waals surface area contributed by atoms with Gasteiger partial charge in [-0.1, -0.05) is 0 Å². The Kier molecular flexibility index (Phi) is 5.94. The molecule has 1 rings (SSSR count). The molecule has 0 saturated carbocycles. The summed E-state index contributed by atoms with van der Waals surface area (Å²) in [6, 6.07) is 5.58. The highest BCUT2D eigenvalue weighted by atomic mass is 32.2. The van der Waals surface area contributed by atoms with Crippen molar-refractivity contribution in [3.8, 4) is 0 Å². The molecule has 0 radical (unpaired) electrons. The first kappa shape index (κ1) is 14.8. The first-order chi connectivity index (χ1) is 6.99. The maximum Gasteiger partial charge on any atom is 0.264 e. The molecule has 2 N–H and O–H groups in total. The van der Waals surface area contributed by atoms with Crippen molar-refractivity contribution < 1.29 is 28.0 Å². The van der Waals surface area contributed by atoms with E-state index in [0.29, 0.717) is 0 Å². The quantitative estimate of drug-likeness (QED) is 0.443. The molecule has 0 aliphatic rings. The van der Waals surface area contributed by atoms with Crippen molar-refractivity contribution in [2.45, 2.75) is 13.3 Å². The average Bonchev–Trinajstić information content (AvgIpc) is 2.13. The van der Waals surface area contributed by atoms with Gasteiger partial charge in [0, 0.05) is 30.2 Å². The van der Waals surface area contributed by atoms with E-state index < -0.39 is 10.1 Å². The van der Waals surface area contributed by atoms with Gasteiger partial charge in [0.1, 0.15) is 0 Å². The Morgan fingerprint density at radius 2 is 2.12 bits per heavy atom. The fourth-order valence-electron chi connectivity index (χ4n) is 1.06. The first-order valence-corrected chi connectivity index (χ1v) is 6.16. The van der Waals surface area contributed by atoms with E-state index in [0.717, 1.165) is 5.69 Å². The monoisotopic (exact) mass is 249 g/mol. The Bertz CT molecular complexity index is 418. The van der Waals surface area contributed by atoms with Crippen LogP contribution in [-0.4, -0.2) is 30.8 Å². The van der Waals surface area contributed by atoms with Gasteiger partial charge >= 0.3 is 0 Å². The second kappa shape index (κ2) is 6.41. The summed E-state index contributed by atoms with van der Waals surface area (Å²) in [6.45, 7) is 2.12. The third kappa shape index (κ3) is 5.64. The Labute approximate surface area is 94.5 Å². The van der Waals surface area contributed by atoms with E-state index in [-0.39, 0.29) is 24.3 Å². The predicted octanol–water partition coefficient (Wildman–Crippen LogP) is -0.188. The second-order valence-electron chi connectivity index (χ2n) is 3.14. The van der Waals surface area contributed by atoms with Crippen LogP contribution in [0.5, 0.6) is 0 Å². The summed E-state index contributed by atoms with van der Waals surface area (Å²) >= 11 is 0. The first-order valence-electron chi connectivity index (χ1n) is 4.55. The van der Waals surface area contributed by atoms with E-state index in [2.05, 4.69) is 0 Å². The number of pyridine rings is 1. The lowest BCUT2D eigenvalue weighted by Gasteiger charge is -1.99. The fourth-order valence-corrected chi connectivity index (χ4v) is 1.55. The molecule has 0 unspecified atom stereocenters. The lowest BCUT2D eigenvalue weighted by atomic mass is 10.4. The predicted molar refractivity (Wildman–Crippen MR) is 55.8 cm³/mol. The number of aromatic nitrogens is 1. The fraction of sp³-hybridized carbons (Fsp3) is 0.444. The molecule has 0 spiro atoms. The summed E-state index contributed by atoms with van der Waals surface area (Å²) in [6.07, 6.45) is 2.00. The van der Waals surface area contributed by atoms with Crippen LogP contribution in [0.15, 0.2) is 24.4 Å². The van der Waals surface area contributed by atoms with Gasteiger partial charge in [0.25, 0.3) is 10.1 Å². The smallest absolute Gasteiger partial charge is 0.264 e. The molecule has 7 heteroatoms. The Balaban J connectivity index is 0.00000225. The van der Waals surface area contributed by atoms with E-state index in [4.69, 9.17) is 9.39 Å². The molecule has 1 aromatic rings. The van der Waals surface area contributed by atoms with Crippen LogP contribution < -0.4 is 9.57 Å². The van der Waals surface area contributed by atoms with Crippen LogP contribution in [0.25, 0.3) is 0 Å². The van der Waals surface area contributed by atoms with Gasteiger partial charge in [0.15, 0.2) is 6.61 Å². The van der Waals surface area contributed by atoms with Crippen molar-refractivity contribution in [1.29, 1.82) is 0 Å². The SMILES string of the molecule is Cc1cccc[n+]1OCCCS(=O)(=O)O.[OH-]. The standard InChI is InChI=1S/C9H13NO4S.H2O/c1-9-5-2-3-6-10(9)14-7-4-8-15(11,12)13;/h2-3,5-6H,4,7-8H2,1H3;1H2. The van der Waals surface area contributed by atoms with E-state index in [9.17, 15) is 8.42 Å². The number of hydrogen-bond donors (Lipinski definition) is 1. The van der Waals surface area contributed by atoms with Gasteiger partial charge in [0.2, 0.25) is 11.9 Å². The normalized spacial score (nSPS) is 10.6. The highest BCUT2D eigenvalue weighted by Crippen LogP contribution is 1.88. The molecule has 0 saturated heterocycles. The zero-order valence-corrected chi connectivity index (χ0v) is 9.72. The molecule has 92 valence electrons. The molecule has 0 aromatic carbocycles. The molecular weight excluding hydrogens is 234 g/mol. The lowest BCUT2D eigenvalue weighted by Crippen LogP contribution is -2.45. The summed E-state index contributed by atoms with van der Waals surface area (Å²) in [5.41, 5.74) is 0.921. The highest BCUT2D eigenvalue weighted by molar-refractivity contribution is 7.85. The van der Waals surface area contributed by atoms with E-state index in [1.807, 2.05) is 25.1 Å². The van der Waals surface area contributed by atoms with Crippen LogP contribution in [0.4, 0.5) is 0 Å². The second-order valence-corrected chi connectivity index (χ2v) is 4.71. The van der Waals surface area contributed by atoms with Gasteiger partial charge in [-0.2, -0.15) is 8.42 Å². The molecule has 0 bridgehead atoms. The molecule has 0 aliphatic heterocycles. The summed E-state index contributed by atoms with van der Waals surface area (Å²) in [4.78, 5) is 5.27. The number of hydrogen-bond acceptors (Lipinski definition) is 4. The van der Waals surface area contributed by atoms with E-state index >= 15 is 0 Å². The van der Waals surface area contributed by atoms with Crippen LogP contribution in [0.3, 0.4) is 0 Å². The summed E-state index contributed by atoms with van der Waals surface area (Å²) < 4.78 is 30.8. The molecule has 0 fully saturated rings. The molecule has 0 aliphatic carbocycles. The van der Waals surface area contributed by atoms with Gasteiger partial charge in [-0.25, -0.2) is 0 Å². The average molecular weight is 249 g/mol. The molecule has 16 heavy (non-hydrogen) atoms. The van der Waals surface area contributed by atoms with Gasteiger partial charge in [-0.15, -0.1) is 0 Å². The summed E-state index contributed by atoms with van der Waals surface area (Å²) in [5, 5.41) is 0. The topological polar surface area (TPSA) is 97.5 Å². The number of aryl methyl sites for hydroxylation is 1. The van der Waals surface area contributed by atoms with Crippen LogP contribution in [-0.2, 0) is 10.1 Å². The van der Waals surface area contributed by atoms with Crippen molar-refractivity contribution in [2.24, 2.45) is 0 Å². The van der Waals surface area contributed by atoms with Crippen LogP contribution in [0, 0.1) is 6.92 Å². The van der Waals surface area contributed by atoms with Crippen molar-refractivity contribution in [3.63, 3.8) is 0 Å². The molecular formula is C9H15NO5S. The minimum Gasteiger partial charge on any atom is -0.870 e.